The Bertz CT molecular complexity index is 645. The van der Waals surface area contributed by atoms with Gasteiger partial charge in [-0.2, -0.15) is 4.31 Å². The van der Waals surface area contributed by atoms with E-state index >= 15 is 0 Å². The highest BCUT2D eigenvalue weighted by Gasteiger charge is 2.44. The van der Waals surface area contributed by atoms with Crippen LogP contribution in [0.5, 0.6) is 0 Å². The van der Waals surface area contributed by atoms with Gasteiger partial charge in [-0.3, -0.25) is 4.79 Å². The zero-order chi connectivity index (χ0) is 15.1. The van der Waals surface area contributed by atoms with Crippen LogP contribution >= 0.6 is 0 Å². The van der Waals surface area contributed by atoms with Crippen LogP contribution in [0.15, 0.2) is 23.1 Å². The first kappa shape index (κ1) is 14.9. The number of rotatable bonds is 3. The summed E-state index contributed by atoms with van der Waals surface area (Å²) in [5.74, 6) is -2.31. The highest BCUT2D eigenvalue weighted by Crippen LogP contribution is 2.28. The van der Waals surface area contributed by atoms with Crippen molar-refractivity contribution in [2.75, 3.05) is 6.54 Å². The molecule has 1 unspecified atom stereocenters. The van der Waals surface area contributed by atoms with Gasteiger partial charge in [0.15, 0.2) is 0 Å². The van der Waals surface area contributed by atoms with Crippen molar-refractivity contribution in [2.24, 2.45) is 0 Å². The number of carboxylic acid groups (broad SMARTS) is 1. The molecule has 0 aromatic heterocycles. The molecule has 1 aromatic rings. The van der Waals surface area contributed by atoms with E-state index in [4.69, 9.17) is 5.11 Å². The average Bonchev–Trinajstić information content (AvgIpc) is 2.75. The molecule has 2 rings (SSSR count). The molecule has 1 aliphatic heterocycles. The third-order valence-corrected chi connectivity index (χ3v) is 5.08. The number of aliphatic carboxylic acids is 1. The summed E-state index contributed by atoms with van der Waals surface area (Å²) in [5, 5.41) is 18.5. The van der Waals surface area contributed by atoms with E-state index in [2.05, 4.69) is 0 Å². The van der Waals surface area contributed by atoms with Crippen LogP contribution in [0.25, 0.3) is 0 Å². The third kappa shape index (κ3) is 2.54. The number of halogens is 1. The standard InChI is InChI=1S/C12H14FNO5S/c1-7-2-3-9(13)11(4-7)20(18,19)14-6-8(15)5-10(14)12(16)17/h2-4,8,10,15H,5-6H2,1H3,(H,16,17)/t8?,10-/m0/s1. The van der Waals surface area contributed by atoms with Crippen molar-refractivity contribution in [3.05, 3.63) is 29.6 Å². The Morgan fingerprint density at radius 3 is 2.70 bits per heavy atom. The molecule has 6 nitrogen and oxygen atoms in total. The van der Waals surface area contributed by atoms with Crippen molar-refractivity contribution in [3.8, 4) is 0 Å². The molecule has 0 aliphatic carbocycles. The first-order valence-corrected chi connectivity index (χ1v) is 7.36. The minimum absolute atomic E-state index is 0.206. The van der Waals surface area contributed by atoms with E-state index in [0.717, 1.165) is 12.1 Å². The first-order valence-electron chi connectivity index (χ1n) is 5.92. The fraction of sp³-hybridized carbons (Fsp3) is 0.417. The smallest absolute Gasteiger partial charge is 0.322 e. The number of nitrogens with zero attached hydrogens (tertiary/aromatic N) is 1. The topological polar surface area (TPSA) is 94.9 Å². The second-order valence-electron chi connectivity index (χ2n) is 4.75. The molecule has 1 heterocycles. The molecule has 8 heteroatoms. The maximum Gasteiger partial charge on any atom is 0.322 e. The largest absolute Gasteiger partial charge is 0.480 e. The van der Waals surface area contributed by atoms with Crippen LogP contribution in [0.4, 0.5) is 4.39 Å². The number of sulfonamides is 1. The summed E-state index contributed by atoms with van der Waals surface area (Å²) < 4.78 is 39.1. The number of hydrogen-bond acceptors (Lipinski definition) is 4. The molecule has 0 radical (unpaired) electrons. The van der Waals surface area contributed by atoms with Crippen molar-refractivity contribution in [1.29, 1.82) is 0 Å². The predicted octanol–water partition coefficient (Wildman–Crippen LogP) is 0.343. The second-order valence-corrected chi connectivity index (χ2v) is 6.61. The van der Waals surface area contributed by atoms with Crippen LogP contribution in [0, 0.1) is 12.7 Å². The zero-order valence-electron chi connectivity index (χ0n) is 10.7. The summed E-state index contributed by atoms with van der Waals surface area (Å²) in [7, 11) is -4.30. The number of β-amino-alcohol motifs (C(OH)–C–C–N with tert-alkyl or cyclic N) is 1. The second kappa shape index (κ2) is 5.12. The molecule has 2 N–H and O–H groups in total. The van der Waals surface area contributed by atoms with Gasteiger partial charge in [0, 0.05) is 13.0 Å². The van der Waals surface area contributed by atoms with Crippen molar-refractivity contribution < 1.29 is 27.8 Å². The number of aliphatic hydroxyl groups excluding tert-OH is 1. The summed E-state index contributed by atoms with van der Waals surface area (Å²) in [4.78, 5) is 10.5. The molecule has 1 saturated heterocycles. The summed E-state index contributed by atoms with van der Waals surface area (Å²) in [6.45, 7) is 1.25. The zero-order valence-corrected chi connectivity index (χ0v) is 11.5. The fourth-order valence-corrected chi connectivity index (χ4v) is 3.99. The number of carboxylic acids is 1. The molecule has 110 valence electrons. The number of hydrogen-bond donors (Lipinski definition) is 2. The van der Waals surface area contributed by atoms with Gasteiger partial charge in [-0.05, 0) is 24.6 Å². The lowest BCUT2D eigenvalue weighted by atomic mass is 10.2. The summed E-state index contributed by atoms with van der Waals surface area (Å²) >= 11 is 0. The van der Waals surface area contributed by atoms with Crippen LogP contribution in [0.1, 0.15) is 12.0 Å². The Labute approximate surface area is 115 Å². The van der Waals surface area contributed by atoms with Crippen molar-refractivity contribution in [2.45, 2.75) is 30.4 Å². The van der Waals surface area contributed by atoms with Crippen LogP contribution in [0.2, 0.25) is 0 Å². The van der Waals surface area contributed by atoms with Crippen molar-refractivity contribution in [3.63, 3.8) is 0 Å². The molecule has 2 atom stereocenters. The Morgan fingerprint density at radius 2 is 2.10 bits per heavy atom. The molecule has 0 amide bonds. The van der Waals surface area contributed by atoms with Gasteiger partial charge in [0.05, 0.1) is 6.10 Å². The summed E-state index contributed by atoms with van der Waals surface area (Å²) in [6.07, 6.45) is -1.28. The molecule has 1 aliphatic rings. The Kier molecular flexibility index (Phi) is 3.81. The van der Waals surface area contributed by atoms with Crippen molar-refractivity contribution in [1.82, 2.24) is 4.31 Å². The van der Waals surface area contributed by atoms with E-state index < -0.39 is 38.9 Å². The van der Waals surface area contributed by atoms with Crippen LogP contribution in [0.3, 0.4) is 0 Å². The number of aliphatic hydroxyl groups is 1. The number of carbonyl (C=O) groups is 1. The molecule has 20 heavy (non-hydrogen) atoms. The average molecular weight is 303 g/mol. The van der Waals surface area contributed by atoms with Crippen LogP contribution < -0.4 is 0 Å². The van der Waals surface area contributed by atoms with Crippen LogP contribution in [-0.4, -0.2) is 47.6 Å². The van der Waals surface area contributed by atoms with Gasteiger partial charge < -0.3 is 10.2 Å². The first-order chi connectivity index (χ1) is 9.23. The molecule has 0 bridgehead atoms. The van der Waals surface area contributed by atoms with E-state index in [1.54, 1.807) is 6.92 Å². The van der Waals surface area contributed by atoms with E-state index in [0.29, 0.717) is 9.87 Å². The van der Waals surface area contributed by atoms with Gasteiger partial charge in [-0.1, -0.05) is 6.07 Å². The third-order valence-electron chi connectivity index (χ3n) is 3.19. The van der Waals surface area contributed by atoms with E-state index in [-0.39, 0.29) is 13.0 Å². The maximum atomic E-state index is 13.7. The fourth-order valence-electron chi connectivity index (χ4n) is 2.21. The molecular formula is C12H14FNO5S. The quantitative estimate of drug-likeness (QED) is 0.840. The number of aryl methyl sites for hydroxylation is 1. The van der Waals surface area contributed by atoms with Gasteiger partial charge in [0.2, 0.25) is 10.0 Å². The van der Waals surface area contributed by atoms with Crippen molar-refractivity contribution >= 4 is 16.0 Å². The SMILES string of the molecule is Cc1ccc(F)c(S(=O)(=O)N2CC(O)C[C@H]2C(=O)O)c1. The monoisotopic (exact) mass is 303 g/mol. The lowest BCUT2D eigenvalue weighted by Crippen LogP contribution is -2.40. The Morgan fingerprint density at radius 1 is 1.45 bits per heavy atom. The Hall–Kier alpha value is -1.51. The maximum absolute atomic E-state index is 13.7. The summed E-state index contributed by atoms with van der Waals surface area (Å²) in [6, 6.07) is 2.20. The lowest BCUT2D eigenvalue weighted by Gasteiger charge is -2.21. The highest BCUT2D eigenvalue weighted by atomic mass is 32.2. The minimum atomic E-state index is -4.30. The van der Waals surface area contributed by atoms with Gasteiger partial charge in [-0.25, -0.2) is 12.8 Å². The van der Waals surface area contributed by atoms with Gasteiger partial charge in [0.1, 0.15) is 16.8 Å². The normalized spacial score (nSPS) is 23.9. The molecule has 1 fully saturated rings. The molecule has 1 aromatic carbocycles. The lowest BCUT2D eigenvalue weighted by molar-refractivity contribution is -0.140. The van der Waals surface area contributed by atoms with Gasteiger partial charge in [-0.15, -0.1) is 0 Å². The van der Waals surface area contributed by atoms with E-state index in [1.807, 2.05) is 0 Å². The minimum Gasteiger partial charge on any atom is -0.480 e. The predicted molar refractivity (Wildman–Crippen MR) is 67.1 cm³/mol. The molecule has 0 spiro atoms. The van der Waals surface area contributed by atoms with E-state index in [9.17, 15) is 22.7 Å². The van der Waals surface area contributed by atoms with E-state index in [1.165, 1.54) is 6.07 Å². The highest BCUT2D eigenvalue weighted by molar-refractivity contribution is 7.89. The number of benzene rings is 1. The van der Waals surface area contributed by atoms with Gasteiger partial charge >= 0.3 is 5.97 Å². The van der Waals surface area contributed by atoms with Crippen LogP contribution in [-0.2, 0) is 14.8 Å². The Balaban J connectivity index is 2.49. The summed E-state index contributed by atoms with van der Waals surface area (Å²) in [5.41, 5.74) is 0.539. The van der Waals surface area contributed by atoms with Gasteiger partial charge in [0.25, 0.3) is 0 Å². The molecular weight excluding hydrogens is 289 g/mol. The molecule has 0 saturated carbocycles.